The maximum Gasteiger partial charge on any atom is 0.238 e. The van der Waals surface area contributed by atoms with Crippen LogP contribution in [-0.2, 0) is 16.0 Å². The van der Waals surface area contributed by atoms with Crippen molar-refractivity contribution in [3.8, 4) is 0 Å². The average molecular weight is 416 g/mol. The van der Waals surface area contributed by atoms with Crippen molar-refractivity contribution in [1.82, 2.24) is 10.2 Å². The number of hydrogen-bond donors (Lipinski definition) is 2. The van der Waals surface area contributed by atoms with Gasteiger partial charge >= 0.3 is 0 Å². The quantitative estimate of drug-likeness (QED) is 0.642. The van der Waals surface area contributed by atoms with Crippen LogP contribution in [0.4, 0.5) is 5.69 Å². The van der Waals surface area contributed by atoms with Crippen LogP contribution in [0.1, 0.15) is 37.9 Å². The zero-order valence-electron chi connectivity index (χ0n) is 17.5. The lowest BCUT2D eigenvalue weighted by Gasteiger charge is -2.19. The Labute approximate surface area is 178 Å². The highest BCUT2D eigenvalue weighted by Gasteiger charge is 2.14. The summed E-state index contributed by atoms with van der Waals surface area (Å²) in [6.45, 7) is 6.58. The molecule has 0 spiro atoms. The van der Waals surface area contributed by atoms with E-state index in [9.17, 15) is 9.59 Å². The molecule has 2 amide bonds. The smallest absolute Gasteiger partial charge is 0.238 e. The van der Waals surface area contributed by atoms with Crippen LogP contribution in [0, 0.1) is 5.92 Å². The van der Waals surface area contributed by atoms with Crippen LogP contribution in [0.25, 0.3) is 0 Å². The van der Waals surface area contributed by atoms with Gasteiger partial charge in [-0.2, -0.15) is 0 Å². The standard InChI is InChI=1S/C23H30ClN3O2/c1-16(2)13-18-9-11-19(12-10-18)17(3)25-22(28)14-27(4)15-23(29)26-21-8-6-5-7-20(21)24/h5-12,16-17H,13-15H2,1-4H3,(H,25,28)(H,26,29)/t17-/m1/s1. The lowest BCUT2D eigenvalue weighted by atomic mass is 10.00. The number of nitrogens with zero attached hydrogens (tertiary/aromatic N) is 1. The topological polar surface area (TPSA) is 61.4 Å². The predicted octanol–water partition coefficient (Wildman–Crippen LogP) is 4.29. The van der Waals surface area contributed by atoms with Crippen LogP contribution >= 0.6 is 11.6 Å². The number of carbonyl (C=O) groups is 2. The molecule has 2 rings (SSSR count). The fourth-order valence-electron chi connectivity index (χ4n) is 3.08. The third-order valence-corrected chi connectivity index (χ3v) is 4.81. The monoisotopic (exact) mass is 415 g/mol. The molecule has 2 N–H and O–H groups in total. The number of amides is 2. The van der Waals surface area contributed by atoms with Gasteiger partial charge in [0.1, 0.15) is 0 Å². The molecule has 0 unspecified atom stereocenters. The number of likely N-dealkylation sites (N-methyl/N-ethyl adjacent to an activating group) is 1. The van der Waals surface area contributed by atoms with Gasteiger partial charge in [-0.3, -0.25) is 14.5 Å². The molecule has 2 aromatic rings. The van der Waals surface area contributed by atoms with Crippen molar-refractivity contribution in [1.29, 1.82) is 0 Å². The molecule has 156 valence electrons. The van der Waals surface area contributed by atoms with Crippen LogP contribution in [0.3, 0.4) is 0 Å². The highest BCUT2D eigenvalue weighted by molar-refractivity contribution is 6.33. The van der Waals surface area contributed by atoms with Gasteiger partial charge in [-0.25, -0.2) is 0 Å². The number of rotatable bonds is 9. The zero-order chi connectivity index (χ0) is 21.4. The van der Waals surface area contributed by atoms with Crippen molar-refractivity contribution in [2.45, 2.75) is 33.2 Å². The second-order valence-electron chi connectivity index (χ2n) is 7.83. The molecule has 0 fully saturated rings. The summed E-state index contributed by atoms with van der Waals surface area (Å²) < 4.78 is 0. The fraction of sp³-hybridized carbons (Fsp3) is 0.391. The number of para-hydroxylation sites is 1. The van der Waals surface area contributed by atoms with E-state index in [0.29, 0.717) is 16.6 Å². The Kier molecular flexibility index (Phi) is 8.68. The summed E-state index contributed by atoms with van der Waals surface area (Å²) in [7, 11) is 1.73. The van der Waals surface area contributed by atoms with Gasteiger partial charge in [0, 0.05) is 0 Å². The van der Waals surface area contributed by atoms with Crippen molar-refractivity contribution in [3.05, 3.63) is 64.7 Å². The van der Waals surface area contributed by atoms with Crippen LogP contribution < -0.4 is 10.6 Å². The molecule has 5 nitrogen and oxygen atoms in total. The van der Waals surface area contributed by atoms with Gasteiger partial charge in [0.2, 0.25) is 11.8 Å². The largest absolute Gasteiger partial charge is 0.348 e. The minimum absolute atomic E-state index is 0.0942. The molecule has 6 heteroatoms. The second kappa shape index (κ2) is 11.0. The van der Waals surface area contributed by atoms with Crippen molar-refractivity contribution in [3.63, 3.8) is 0 Å². The Morgan fingerprint density at radius 2 is 1.59 bits per heavy atom. The first kappa shape index (κ1) is 22.9. The molecule has 0 aliphatic heterocycles. The van der Waals surface area contributed by atoms with Crippen LogP contribution in [0.15, 0.2) is 48.5 Å². The van der Waals surface area contributed by atoms with E-state index in [1.54, 1.807) is 36.2 Å². The molecule has 0 radical (unpaired) electrons. The van der Waals surface area contributed by atoms with Crippen LogP contribution in [-0.4, -0.2) is 36.9 Å². The number of carbonyl (C=O) groups excluding carboxylic acids is 2. The minimum Gasteiger partial charge on any atom is -0.348 e. The first-order chi connectivity index (χ1) is 13.7. The van der Waals surface area contributed by atoms with Gasteiger partial charge in [0.15, 0.2) is 0 Å². The summed E-state index contributed by atoms with van der Waals surface area (Å²) in [4.78, 5) is 26.2. The summed E-state index contributed by atoms with van der Waals surface area (Å²) in [5.74, 6) is 0.266. The minimum atomic E-state index is -0.220. The molecule has 2 aromatic carbocycles. The molecule has 0 saturated heterocycles. The lowest BCUT2D eigenvalue weighted by Crippen LogP contribution is -2.39. The van der Waals surface area contributed by atoms with E-state index >= 15 is 0 Å². The Morgan fingerprint density at radius 1 is 0.966 bits per heavy atom. The molecule has 0 aliphatic carbocycles. The molecule has 29 heavy (non-hydrogen) atoms. The van der Waals surface area contributed by atoms with Gasteiger partial charge in [-0.1, -0.05) is 61.8 Å². The van der Waals surface area contributed by atoms with Crippen molar-refractivity contribution < 1.29 is 9.59 Å². The van der Waals surface area contributed by atoms with E-state index in [1.807, 2.05) is 6.92 Å². The number of hydrogen-bond acceptors (Lipinski definition) is 3. The Morgan fingerprint density at radius 3 is 2.21 bits per heavy atom. The molecule has 0 aliphatic rings. The maximum atomic E-state index is 12.3. The highest BCUT2D eigenvalue weighted by atomic mass is 35.5. The summed E-state index contributed by atoms with van der Waals surface area (Å²) in [6.07, 6.45) is 1.04. The maximum absolute atomic E-state index is 12.3. The molecule has 0 heterocycles. The van der Waals surface area contributed by atoms with E-state index in [1.165, 1.54) is 5.56 Å². The third-order valence-electron chi connectivity index (χ3n) is 4.48. The van der Waals surface area contributed by atoms with Crippen molar-refractivity contribution >= 4 is 29.1 Å². The Hall–Kier alpha value is -2.37. The van der Waals surface area contributed by atoms with Gasteiger partial charge in [-0.05, 0) is 49.6 Å². The molecular weight excluding hydrogens is 386 g/mol. The van der Waals surface area contributed by atoms with E-state index in [2.05, 4.69) is 48.7 Å². The second-order valence-corrected chi connectivity index (χ2v) is 8.24. The number of nitrogens with one attached hydrogen (secondary N) is 2. The first-order valence-corrected chi connectivity index (χ1v) is 10.2. The molecular formula is C23H30ClN3O2. The SMILES string of the molecule is CC(C)Cc1ccc([C@@H](C)NC(=O)CN(C)CC(=O)Nc2ccccc2Cl)cc1. The van der Waals surface area contributed by atoms with Crippen LogP contribution in [0.2, 0.25) is 5.02 Å². The van der Waals surface area contributed by atoms with Crippen molar-refractivity contribution in [2.75, 3.05) is 25.5 Å². The van der Waals surface area contributed by atoms with Crippen LogP contribution in [0.5, 0.6) is 0 Å². The predicted molar refractivity (Wildman–Crippen MR) is 119 cm³/mol. The summed E-state index contributed by atoms with van der Waals surface area (Å²) in [5.41, 5.74) is 2.92. The normalized spacial score (nSPS) is 12.1. The molecule has 0 bridgehead atoms. The lowest BCUT2D eigenvalue weighted by molar-refractivity contribution is -0.123. The Balaban J connectivity index is 1.80. The first-order valence-electron chi connectivity index (χ1n) is 9.85. The van der Waals surface area contributed by atoms with Gasteiger partial charge in [0.25, 0.3) is 0 Å². The number of halogens is 1. The summed E-state index contributed by atoms with van der Waals surface area (Å²) >= 11 is 6.05. The van der Waals surface area contributed by atoms with Gasteiger partial charge < -0.3 is 10.6 Å². The molecule has 0 saturated carbocycles. The average Bonchev–Trinajstić information content (AvgIpc) is 2.63. The Bertz CT molecular complexity index is 821. The van der Waals surface area contributed by atoms with E-state index < -0.39 is 0 Å². The fourth-order valence-corrected chi connectivity index (χ4v) is 3.27. The molecule has 1 atom stereocenters. The number of anilines is 1. The van der Waals surface area contributed by atoms with Gasteiger partial charge in [-0.15, -0.1) is 0 Å². The zero-order valence-corrected chi connectivity index (χ0v) is 18.3. The summed E-state index contributed by atoms with van der Waals surface area (Å²) in [5, 5.41) is 6.22. The molecule has 0 aromatic heterocycles. The summed E-state index contributed by atoms with van der Waals surface area (Å²) in [6, 6.07) is 15.3. The third kappa shape index (κ3) is 7.87. The van der Waals surface area contributed by atoms with Gasteiger partial charge in [0.05, 0.1) is 29.8 Å². The van der Waals surface area contributed by atoms with E-state index in [4.69, 9.17) is 11.6 Å². The highest BCUT2D eigenvalue weighted by Crippen LogP contribution is 2.20. The number of benzene rings is 2. The van der Waals surface area contributed by atoms with E-state index in [0.717, 1.165) is 12.0 Å². The van der Waals surface area contributed by atoms with E-state index in [-0.39, 0.29) is 30.9 Å². The van der Waals surface area contributed by atoms with Crippen molar-refractivity contribution in [2.24, 2.45) is 5.92 Å².